The van der Waals surface area contributed by atoms with Gasteiger partial charge in [0, 0.05) is 6.21 Å². The Hall–Kier alpha value is -3.19. The summed E-state index contributed by atoms with van der Waals surface area (Å²) in [5.41, 5.74) is 14.4. The average Bonchev–Trinajstić information content (AvgIpc) is 2.76. The van der Waals surface area contributed by atoms with Crippen molar-refractivity contribution in [3.05, 3.63) is 112 Å². The molecule has 0 aliphatic heterocycles. The zero-order valence-corrected chi connectivity index (χ0v) is 19.1. The van der Waals surface area contributed by atoms with E-state index in [9.17, 15) is 0 Å². The summed E-state index contributed by atoms with van der Waals surface area (Å²) in [4.78, 5) is 4.36. The van der Waals surface area contributed by atoms with E-state index in [1.165, 1.54) is 55.7 Å². The number of benzene rings is 3. The Morgan fingerprint density at radius 1 is 0.871 bits per heavy atom. The van der Waals surface area contributed by atoms with Crippen molar-refractivity contribution in [2.75, 3.05) is 0 Å². The molecule has 0 aromatic heterocycles. The van der Waals surface area contributed by atoms with Gasteiger partial charge in [-0.1, -0.05) is 55.1 Å². The van der Waals surface area contributed by atoms with Crippen LogP contribution in [-0.2, 0) is 12.8 Å². The van der Waals surface area contributed by atoms with E-state index < -0.39 is 0 Å². The van der Waals surface area contributed by atoms with Gasteiger partial charge in [0.2, 0.25) is 0 Å². The van der Waals surface area contributed by atoms with E-state index in [0.29, 0.717) is 0 Å². The molecule has 0 fully saturated rings. The Balaban J connectivity index is 1.72. The second kappa shape index (κ2) is 8.89. The molecule has 1 aliphatic rings. The molecule has 0 saturated carbocycles. The van der Waals surface area contributed by atoms with E-state index in [0.717, 1.165) is 24.9 Å². The van der Waals surface area contributed by atoms with Crippen molar-refractivity contribution in [1.29, 1.82) is 0 Å². The summed E-state index contributed by atoms with van der Waals surface area (Å²) in [6.07, 6.45) is 4.80. The van der Waals surface area contributed by atoms with Gasteiger partial charge in [0.1, 0.15) is 0 Å². The summed E-state index contributed by atoms with van der Waals surface area (Å²) in [5, 5.41) is 0. The number of hydrogen-bond acceptors (Lipinski definition) is 1. The van der Waals surface area contributed by atoms with Gasteiger partial charge < -0.3 is 0 Å². The third kappa shape index (κ3) is 4.32. The highest BCUT2D eigenvalue weighted by Crippen LogP contribution is 2.42. The van der Waals surface area contributed by atoms with Crippen LogP contribution in [0.1, 0.15) is 52.3 Å². The third-order valence-electron chi connectivity index (χ3n) is 6.49. The quantitative estimate of drug-likeness (QED) is 0.381. The zero-order chi connectivity index (χ0) is 22.0. The Morgan fingerprint density at radius 3 is 2.35 bits per heavy atom. The molecular weight excluding hydrogens is 374 g/mol. The van der Waals surface area contributed by atoms with Crippen LogP contribution >= 0.6 is 0 Å². The van der Waals surface area contributed by atoms with Gasteiger partial charge in [0.05, 0.1) is 5.69 Å². The number of hydrogen-bond donors (Lipinski definition) is 0. The molecule has 1 heteroatoms. The first kappa shape index (κ1) is 21.1. The number of rotatable bonds is 5. The minimum atomic E-state index is 0.970. The zero-order valence-electron chi connectivity index (χ0n) is 19.1. The normalized spacial score (nSPS) is 13.7. The molecule has 1 aliphatic carbocycles. The van der Waals surface area contributed by atoms with Crippen LogP contribution in [0.4, 0.5) is 5.69 Å². The fourth-order valence-corrected chi connectivity index (χ4v) is 4.61. The molecular formula is C30H31N. The molecule has 0 amide bonds. The maximum atomic E-state index is 4.59. The van der Waals surface area contributed by atoms with Gasteiger partial charge in [-0.25, -0.2) is 0 Å². The first-order chi connectivity index (χ1) is 15.0. The Kier molecular flexibility index (Phi) is 6.04. The second-order valence-electron chi connectivity index (χ2n) is 8.57. The van der Waals surface area contributed by atoms with Crippen LogP contribution in [0, 0.1) is 20.8 Å². The third-order valence-corrected chi connectivity index (χ3v) is 6.49. The van der Waals surface area contributed by atoms with E-state index in [4.69, 9.17) is 0 Å². The lowest BCUT2D eigenvalue weighted by Crippen LogP contribution is -2.10. The molecule has 4 rings (SSSR count). The number of nitrogens with zero attached hydrogens (tertiary/aromatic N) is 1. The van der Waals surface area contributed by atoms with E-state index in [1.54, 1.807) is 0 Å². The average molecular weight is 406 g/mol. The number of aliphatic imine (C=N–C) groups is 1. The molecule has 156 valence electrons. The number of allylic oxidation sites excluding steroid dienone is 3. The predicted molar refractivity (Wildman–Crippen MR) is 135 cm³/mol. The van der Waals surface area contributed by atoms with Gasteiger partial charge >= 0.3 is 0 Å². The van der Waals surface area contributed by atoms with E-state index in [2.05, 4.69) is 93.0 Å². The van der Waals surface area contributed by atoms with Crippen molar-refractivity contribution in [3.8, 4) is 0 Å². The van der Waals surface area contributed by atoms with E-state index >= 15 is 0 Å². The van der Waals surface area contributed by atoms with E-state index in [-0.39, 0.29) is 0 Å². The van der Waals surface area contributed by atoms with Crippen LogP contribution in [-0.4, -0.2) is 6.21 Å². The van der Waals surface area contributed by atoms with Crippen molar-refractivity contribution in [2.24, 2.45) is 4.99 Å². The number of aryl methyl sites for hydroxylation is 4. The van der Waals surface area contributed by atoms with Gasteiger partial charge in [0.25, 0.3) is 0 Å². The molecule has 0 bridgehead atoms. The summed E-state index contributed by atoms with van der Waals surface area (Å²) >= 11 is 0. The Morgan fingerprint density at radius 2 is 1.65 bits per heavy atom. The molecule has 0 spiro atoms. The lowest BCUT2D eigenvalue weighted by molar-refractivity contribution is 0.958. The minimum Gasteiger partial charge on any atom is -0.262 e. The largest absolute Gasteiger partial charge is 0.262 e. The highest BCUT2D eigenvalue weighted by atomic mass is 14.7. The smallest absolute Gasteiger partial charge is 0.0625 e. The molecule has 31 heavy (non-hydrogen) atoms. The summed E-state index contributed by atoms with van der Waals surface area (Å²) in [7, 11) is 0. The molecule has 1 nitrogen and oxygen atoms in total. The lowest BCUT2D eigenvalue weighted by atomic mass is 9.76. The first-order valence-electron chi connectivity index (χ1n) is 11.1. The number of fused-ring (bicyclic) bond motifs is 1. The van der Waals surface area contributed by atoms with Crippen molar-refractivity contribution < 1.29 is 0 Å². The highest BCUT2D eigenvalue weighted by molar-refractivity contribution is 5.94. The molecule has 0 saturated heterocycles. The van der Waals surface area contributed by atoms with Crippen molar-refractivity contribution >= 4 is 23.0 Å². The summed E-state index contributed by atoms with van der Waals surface area (Å²) in [6.45, 7) is 13.1. The van der Waals surface area contributed by atoms with Crippen LogP contribution in [0.25, 0.3) is 11.1 Å². The molecule has 0 heterocycles. The molecule has 0 N–H and O–H groups in total. The summed E-state index contributed by atoms with van der Waals surface area (Å²) in [5.74, 6) is 0. The second-order valence-corrected chi connectivity index (χ2v) is 8.57. The van der Waals surface area contributed by atoms with Crippen molar-refractivity contribution in [2.45, 2.75) is 47.0 Å². The molecule has 3 aromatic carbocycles. The monoisotopic (exact) mass is 405 g/mol. The maximum Gasteiger partial charge on any atom is 0.0625 e. The van der Waals surface area contributed by atoms with Crippen LogP contribution < -0.4 is 0 Å². The molecule has 3 aromatic rings. The van der Waals surface area contributed by atoms with Crippen LogP contribution in [0.3, 0.4) is 0 Å². The summed E-state index contributed by atoms with van der Waals surface area (Å²) < 4.78 is 0. The minimum absolute atomic E-state index is 0.970. The molecule has 0 unspecified atom stereocenters. The van der Waals surface area contributed by atoms with Gasteiger partial charge in [-0.3, -0.25) is 4.99 Å². The van der Waals surface area contributed by atoms with Gasteiger partial charge in [-0.05, 0) is 115 Å². The first-order valence-corrected chi connectivity index (χ1v) is 11.1. The van der Waals surface area contributed by atoms with Crippen molar-refractivity contribution in [3.63, 3.8) is 0 Å². The summed E-state index contributed by atoms with van der Waals surface area (Å²) in [6, 6.07) is 22.1. The SMILES string of the molecule is C=C1C(CCc2ccc(N=CC)cc2)=C(c2ccc(C)c(C)c2)Cc2cccc(C)c21. The molecule has 0 radical (unpaired) electrons. The predicted octanol–water partition coefficient (Wildman–Crippen LogP) is 7.99. The Bertz CT molecular complexity index is 1190. The fraction of sp³-hybridized carbons (Fsp3) is 0.233. The van der Waals surface area contributed by atoms with Crippen LogP contribution in [0.2, 0.25) is 0 Å². The van der Waals surface area contributed by atoms with Crippen LogP contribution in [0.5, 0.6) is 0 Å². The van der Waals surface area contributed by atoms with Gasteiger partial charge in [-0.15, -0.1) is 0 Å². The molecule has 0 atom stereocenters. The van der Waals surface area contributed by atoms with E-state index in [1.807, 2.05) is 13.1 Å². The van der Waals surface area contributed by atoms with Gasteiger partial charge in [0.15, 0.2) is 0 Å². The van der Waals surface area contributed by atoms with Gasteiger partial charge in [-0.2, -0.15) is 0 Å². The van der Waals surface area contributed by atoms with Crippen molar-refractivity contribution in [1.82, 2.24) is 0 Å². The Labute approximate surface area is 186 Å². The maximum absolute atomic E-state index is 4.59. The fourth-order valence-electron chi connectivity index (χ4n) is 4.61. The van der Waals surface area contributed by atoms with Crippen LogP contribution in [0.15, 0.2) is 77.8 Å². The topological polar surface area (TPSA) is 12.4 Å². The highest BCUT2D eigenvalue weighted by Gasteiger charge is 2.23. The standard InChI is InChI=1S/C30H31N/c1-6-31-27-15-11-24(12-16-27)13-17-28-23(5)30-21(3)8-7-9-26(30)19-29(28)25-14-10-20(2)22(4)18-25/h6-12,14-16,18H,5,13,17,19H2,1-4H3. The lowest BCUT2D eigenvalue weighted by Gasteiger charge is -2.28.